The molecule has 0 radical (unpaired) electrons. The summed E-state index contributed by atoms with van der Waals surface area (Å²) in [6.07, 6.45) is 3.07. The summed E-state index contributed by atoms with van der Waals surface area (Å²) in [6, 6.07) is 4.28. The van der Waals surface area contributed by atoms with E-state index in [2.05, 4.69) is 38.0 Å². The molecule has 1 aromatic carbocycles. The molecule has 0 aliphatic heterocycles. The van der Waals surface area contributed by atoms with Crippen LogP contribution in [0.5, 0.6) is 0 Å². The van der Waals surface area contributed by atoms with E-state index in [0.717, 1.165) is 23.2 Å². The zero-order chi connectivity index (χ0) is 14.9. The summed E-state index contributed by atoms with van der Waals surface area (Å²) in [7, 11) is 1.86. The molecule has 106 valence electrons. The fourth-order valence-corrected chi connectivity index (χ4v) is 2.77. The lowest BCUT2D eigenvalue weighted by atomic mass is 9.94. The third kappa shape index (κ3) is 2.82. The number of aryl methyl sites for hydroxylation is 5. The molecular weight excluding hydrogens is 248 g/mol. The van der Waals surface area contributed by atoms with Crippen LogP contribution in [-0.2, 0) is 19.9 Å². The molecular formula is C17H22N2O. The molecule has 2 aromatic rings. The van der Waals surface area contributed by atoms with E-state index in [1.165, 1.54) is 16.7 Å². The number of rotatable bonds is 4. The van der Waals surface area contributed by atoms with E-state index in [4.69, 9.17) is 0 Å². The third-order valence-corrected chi connectivity index (χ3v) is 3.72. The Hall–Kier alpha value is -1.90. The molecule has 0 atom stereocenters. The number of ketones is 1. The molecule has 0 fully saturated rings. The van der Waals surface area contributed by atoms with Gasteiger partial charge in [-0.1, -0.05) is 24.6 Å². The van der Waals surface area contributed by atoms with Gasteiger partial charge in [0.1, 0.15) is 0 Å². The fourth-order valence-electron chi connectivity index (χ4n) is 2.77. The molecule has 0 unspecified atom stereocenters. The first-order valence-electron chi connectivity index (χ1n) is 7.04. The van der Waals surface area contributed by atoms with Crippen LogP contribution in [0.4, 0.5) is 0 Å². The van der Waals surface area contributed by atoms with Gasteiger partial charge in [0.15, 0.2) is 5.78 Å². The lowest BCUT2D eigenvalue weighted by molar-refractivity contribution is 0.0991. The van der Waals surface area contributed by atoms with E-state index < -0.39 is 0 Å². The summed E-state index contributed by atoms with van der Waals surface area (Å²) in [5.74, 6) is 0.157. The van der Waals surface area contributed by atoms with Crippen LogP contribution in [-0.4, -0.2) is 15.6 Å². The Morgan fingerprint density at radius 2 is 1.80 bits per heavy atom. The maximum atomic E-state index is 12.5. The second-order valence-corrected chi connectivity index (χ2v) is 5.49. The van der Waals surface area contributed by atoms with Gasteiger partial charge in [0, 0.05) is 19.7 Å². The van der Waals surface area contributed by atoms with E-state index >= 15 is 0 Å². The van der Waals surface area contributed by atoms with Gasteiger partial charge in [-0.15, -0.1) is 0 Å². The average Bonchev–Trinajstić information content (AvgIpc) is 2.75. The van der Waals surface area contributed by atoms with E-state index in [-0.39, 0.29) is 5.78 Å². The standard InChI is InChI=1S/C17H22N2O/c1-6-16-15(10-19(5)18-16)17(20)9-14-12(3)7-11(2)8-13(14)4/h7-8,10H,6,9H2,1-5H3. The second-order valence-electron chi connectivity index (χ2n) is 5.49. The molecule has 2 rings (SSSR count). The number of benzene rings is 1. The number of hydrogen-bond acceptors (Lipinski definition) is 2. The quantitative estimate of drug-likeness (QED) is 0.799. The van der Waals surface area contributed by atoms with E-state index in [9.17, 15) is 4.79 Å². The molecule has 3 nitrogen and oxygen atoms in total. The lowest BCUT2D eigenvalue weighted by Gasteiger charge is -2.10. The van der Waals surface area contributed by atoms with Crippen molar-refractivity contribution in [3.8, 4) is 0 Å². The normalized spacial score (nSPS) is 10.8. The number of Topliss-reactive ketones (excluding diaryl/α,β-unsaturated/α-hetero) is 1. The van der Waals surface area contributed by atoms with Gasteiger partial charge in [0.25, 0.3) is 0 Å². The minimum atomic E-state index is 0.157. The van der Waals surface area contributed by atoms with Crippen molar-refractivity contribution in [1.29, 1.82) is 0 Å². The molecule has 3 heteroatoms. The minimum absolute atomic E-state index is 0.157. The van der Waals surface area contributed by atoms with Gasteiger partial charge in [0.2, 0.25) is 0 Å². The van der Waals surface area contributed by atoms with Gasteiger partial charge < -0.3 is 0 Å². The summed E-state index contributed by atoms with van der Waals surface area (Å²) < 4.78 is 1.72. The highest BCUT2D eigenvalue weighted by molar-refractivity contribution is 5.98. The second kappa shape index (κ2) is 5.61. The van der Waals surface area contributed by atoms with Crippen LogP contribution in [0.2, 0.25) is 0 Å². The Labute approximate surface area is 120 Å². The Morgan fingerprint density at radius 1 is 1.20 bits per heavy atom. The van der Waals surface area contributed by atoms with Crippen molar-refractivity contribution >= 4 is 5.78 Å². The van der Waals surface area contributed by atoms with Gasteiger partial charge in [-0.2, -0.15) is 5.10 Å². The number of aromatic nitrogens is 2. The zero-order valence-corrected chi connectivity index (χ0v) is 12.9. The van der Waals surface area contributed by atoms with Gasteiger partial charge in [-0.25, -0.2) is 0 Å². The first-order valence-corrected chi connectivity index (χ1v) is 7.04. The van der Waals surface area contributed by atoms with Crippen molar-refractivity contribution in [3.63, 3.8) is 0 Å². The zero-order valence-electron chi connectivity index (χ0n) is 12.9. The highest BCUT2D eigenvalue weighted by Gasteiger charge is 2.16. The van der Waals surface area contributed by atoms with E-state index in [1.54, 1.807) is 4.68 Å². The Balaban J connectivity index is 2.32. The molecule has 0 aliphatic rings. The van der Waals surface area contributed by atoms with Crippen molar-refractivity contribution in [2.75, 3.05) is 0 Å². The molecule has 1 heterocycles. The van der Waals surface area contributed by atoms with Crippen molar-refractivity contribution in [2.45, 2.75) is 40.5 Å². The molecule has 0 saturated carbocycles. The molecule has 20 heavy (non-hydrogen) atoms. The molecule has 0 amide bonds. The largest absolute Gasteiger partial charge is 0.294 e. The summed E-state index contributed by atoms with van der Waals surface area (Å²) in [4.78, 5) is 12.5. The summed E-state index contributed by atoms with van der Waals surface area (Å²) in [5.41, 5.74) is 6.42. The predicted molar refractivity (Wildman–Crippen MR) is 81.3 cm³/mol. The van der Waals surface area contributed by atoms with Crippen LogP contribution in [0.3, 0.4) is 0 Å². The average molecular weight is 270 g/mol. The van der Waals surface area contributed by atoms with Crippen LogP contribution in [0.15, 0.2) is 18.3 Å². The monoisotopic (exact) mass is 270 g/mol. The van der Waals surface area contributed by atoms with Crippen LogP contribution in [0, 0.1) is 20.8 Å². The predicted octanol–water partition coefficient (Wildman–Crippen LogP) is 3.33. The van der Waals surface area contributed by atoms with Crippen LogP contribution < -0.4 is 0 Å². The summed E-state index contributed by atoms with van der Waals surface area (Å²) in [6.45, 7) is 8.27. The van der Waals surface area contributed by atoms with Crippen molar-refractivity contribution in [3.05, 3.63) is 51.8 Å². The van der Waals surface area contributed by atoms with Crippen molar-refractivity contribution < 1.29 is 4.79 Å². The maximum absolute atomic E-state index is 12.5. The molecule has 0 bridgehead atoms. The SMILES string of the molecule is CCc1nn(C)cc1C(=O)Cc1c(C)cc(C)cc1C. The third-order valence-electron chi connectivity index (χ3n) is 3.72. The Morgan fingerprint density at radius 3 is 2.35 bits per heavy atom. The van der Waals surface area contributed by atoms with Crippen LogP contribution in [0.25, 0.3) is 0 Å². The smallest absolute Gasteiger partial charge is 0.170 e. The first-order chi connectivity index (χ1) is 9.42. The fraction of sp³-hybridized carbons (Fsp3) is 0.412. The van der Waals surface area contributed by atoms with Crippen LogP contribution >= 0.6 is 0 Å². The molecule has 0 aliphatic carbocycles. The Bertz CT molecular complexity index is 630. The molecule has 0 spiro atoms. The van der Waals surface area contributed by atoms with Gasteiger partial charge in [-0.05, 0) is 43.9 Å². The topological polar surface area (TPSA) is 34.9 Å². The van der Waals surface area contributed by atoms with Gasteiger partial charge in [0.05, 0.1) is 11.3 Å². The Kier molecular flexibility index (Phi) is 4.07. The lowest BCUT2D eigenvalue weighted by Crippen LogP contribution is -2.08. The summed E-state index contributed by atoms with van der Waals surface area (Å²) in [5, 5.41) is 4.35. The number of carbonyl (C=O) groups is 1. The molecule has 0 saturated heterocycles. The first kappa shape index (κ1) is 14.5. The summed E-state index contributed by atoms with van der Waals surface area (Å²) >= 11 is 0. The minimum Gasteiger partial charge on any atom is -0.294 e. The van der Waals surface area contributed by atoms with Crippen LogP contribution in [0.1, 0.15) is 45.2 Å². The van der Waals surface area contributed by atoms with E-state index in [1.807, 2.05) is 20.2 Å². The highest BCUT2D eigenvalue weighted by atomic mass is 16.1. The van der Waals surface area contributed by atoms with E-state index in [0.29, 0.717) is 6.42 Å². The van der Waals surface area contributed by atoms with Crippen molar-refractivity contribution in [2.24, 2.45) is 7.05 Å². The maximum Gasteiger partial charge on any atom is 0.170 e. The highest BCUT2D eigenvalue weighted by Crippen LogP contribution is 2.19. The van der Waals surface area contributed by atoms with Crippen molar-refractivity contribution in [1.82, 2.24) is 9.78 Å². The molecule has 1 aromatic heterocycles. The number of carbonyl (C=O) groups excluding carboxylic acids is 1. The molecule has 0 N–H and O–H groups in total. The number of nitrogens with zero attached hydrogens (tertiary/aromatic N) is 2. The van der Waals surface area contributed by atoms with Gasteiger partial charge in [-0.3, -0.25) is 9.48 Å². The van der Waals surface area contributed by atoms with Gasteiger partial charge >= 0.3 is 0 Å². The number of hydrogen-bond donors (Lipinski definition) is 0.